The Morgan fingerprint density at radius 2 is 1.95 bits per heavy atom. The molecule has 0 radical (unpaired) electrons. The molecular weight excluding hydrogens is 244 g/mol. The zero-order valence-electron chi connectivity index (χ0n) is 10.9. The van der Waals surface area contributed by atoms with Crippen LogP contribution in [0.3, 0.4) is 0 Å². The highest BCUT2D eigenvalue weighted by molar-refractivity contribution is 5.81. The van der Waals surface area contributed by atoms with Gasteiger partial charge in [-0.15, -0.1) is 0 Å². The minimum atomic E-state index is -0.824. The maximum Gasteiger partial charge on any atom is 0.308 e. The Morgan fingerprint density at radius 3 is 2.47 bits per heavy atom. The van der Waals surface area contributed by atoms with Crippen LogP contribution in [0.2, 0.25) is 0 Å². The molecule has 5 heteroatoms. The molecule has 19 heavy (non-hydrogen) atoms. The number of carboxylic acid groups (broad SMARTS) is 1. The normalized spacial score (nSPS) is 22.5. The van der Waals surface area contributed by atoms with Crippen molar-refractivity contribution in [1.29, 1.82) is 0 Å². The molecule has 0 bridgehead atoms. The van der Waals surface area contributed by atoms with E-state index in [0.717, 1.165) is 5.56 Å². The summed E-state index contributed by atoms with van der Waals surface area (Å²) >= 11 is 0. The Balaban J connectivity index is 1.98. The second-order valence-electron chi connectivity index (χ2n) is 5.14. The third-order valence-corrected chi connectivity index (χ3v) is 3.62. The number of amides is 1. The minimum Gasteiger partial charge on any atom is -0.481 e. The second-order valence-corrected chi connectivity index (χ2v) is 5.14. The van der Waals surface area contributed by atoms with Gasteiger partial charge in [0.25, 0.3) is 0 Å². The Bertz CT molecular complexity index is 484. The molecule has 1 heterocycles. The van der Waals surface area contributed by atoms with Gasteiger partial charge in [-0.1, -0.05) is 19.1 Å². The van der Waals surface area contributed by atoms with Gasteiger partial charge in [0.05, 0.1) is 12.3 Å². The number of carbonyl (C=O) groups excluding carboxylic acids is 1. The van der Waals surface area contributed by atoms with Gasteiger partial charge in [-0.05, 0) is 23.6 Å². The number of rotatable bonds is 3. The number of carbonyl (C=O) groups is 2. The van der Waals surface area contributed by atoms with Gasteiger partial charge >= 0.3 is 5.97 Å². The lowest BCUT2D eigenvalue weighted by Crippen LogP contribution is -2.31. The second kappa shape index (κ2) is 5.30. The molecule has 1 fully saturated rings. The third-order valence-electron chi connectivity index (χ3n) is 3.62. The standard InChI is InChI=1S/C14H18N2O3/c1-9-7-16(8-12(9)14(18)19)13(17)6-10-2-4-11(15)5-3-10/h2-5,9,12H,6-8,15H2,1H3,(H,18,19)/t9-,12-/m1/s1. The molecule has 2 atom stereocenters. The van der Waals surface area contributed by atoms with Crippen molar-refractivity contribution in [2.75, 3.05) is 18.8 Å². The lowest BCUT2D eigenvalue weighted by molar-refractivity contribution is -0.142. The summed E-state index contributed by atoms with van der Waals surface area (Å²) in [5.74, 6) is -1.29. The van der Waals surface area contributed by atoms with Gasteiger partial charge in [-0.25, -0.2) is 0 Å². The van der Waals surface area contributed by atoms with Gasteiger partial charge in [0, 0.05) is 18.8 Å². The van der Waals surface area contributed by atoms with Crippen LogP contribution in [-0.4, -0.2) is 35.0 Å². The molecule has 3 N–H and O–H groups in total. The van der Waals surface area contributed by atoms with Gasteiger partial charge in [0.2, 0.25) is 5.91 Å². The number of carboxylic acids is 1. The van der Waals surface area contributed by atoms with E-state index in [1.54, 1.807) is 17.0 Å². The summed E-state index contributed by atoms with van der Waals surface area (Å²) < 4.78 is 0. The largest absolute Gasteiger partial charge is 0.481 e. The highest BCUT2D eigenvalue weighted by Crippen LogP contribution is 2.23. The Morgan fingerprint density at radius 1 is 1.32 bits per heavy atom. The van der Waals surface area contributed by atoms with Crippen molar-refractivity contribution in [3.05, 3.63) is 29.8 Å². The zero-order chi connectivity index (χ0) is 14.0. The first-order valence-electron chi connectivity index (χ1n) is 6.32. The van der Waals surface area contributed by atoms with Gasteiger partial charge in [-0.3, -0.25) is 9.59 Å². The molecule has 1 aliphatic heterocycles. The van der Waals surface area contributed by atoms with E-state index < -0.39 is 11.9 Å². The predicted octanol–water partition coefficient (Wildman–Crippen LogP) is 0.990. The SMILES string of the molecule is C[C@@H]1CN(C(=O)Cc2ccc(N)cc2)C[C@H]1C(=O)O. The molecule has 0 spiro atoms. The number of anilines is 1. The average molecular weight is 262 g/mol. The molecule has 1 saturated heterocycles. The summed E-state index contributed by atoms with van der Waals surface area (Å²) in [5, 5.41) is 9.05. The summed E-state index contributed by atoms with van der Waals surface area (Å²) in [6.45, 7) is 2.70. The van der Waals surface area contributed by atoms with E-state index in [1.807, 2.05) is 19.1 Å². The van der Waals surface area contributed by atoms with Gasteiger partial charge in [-0.2, -0.15) is 0 Å². The quantitative estimate of drug-likeness (QED) is 0.796. The number of nitrogens with zero attached hydrogens (tertiary/aromatic N) is 1. The lowest BCUT2D eigenvalue weighted by Gasteiger charge is -2.15. The van der Waals surface area contributed by atoms with E-state index in [4.69, 9.17) is 10.8 Å². The first-order chi connectivity index (χ1) is 8.97. The topological polar surface area (TPSA) is 83.6 Å². The molecular formula is C14H18N2O3. The molecule has 1 aromatic carbocycles. The first kappa shape index (κ1) is 13.4. The molecule has 0 saturated carbocycles. The van der Waals surface area contributed by atoms with Crippen LogP contribution in [0.15, 0.2) is 24.3 Å². The van der Waals surface area contributed by atoms with Crippen LogP contribution in [-0.2, 0) is 16.0 Å². The number of hydrogen-bond acceptors (Lipinski definition) is 3. The van der Waals surface area contributed by atoms with Gasteiger partial charge < -0.3 is 15.7 Å². The van der Waals surface area contributed by atoms with Crippen LogP contribution < -0.4 is 5.73 Å². The summed E-state index contributed by atoms with van der Waals surface area (Å²) in [7, 11) is 0. The predicted molar refractivity (Wildman–Crippen MR) is 71.4 cm³/mol. The number of hydrogen-bond donors (Lipinski definition) is 2. The molecule has 0 unspecified atom stereocenters. The molecule has 102 valence electrons. The van der Waals surface area contributed by atoms with Crippen LogP contribution >= 0.6 is 0 Å². The maximum atomic E-state index is 12.1. The summed E-state index contributed by atoms with van der Waals surface area (Å²) in [4.78, 5) is 24.8. The molecule has 1 amide bonds. The van der Waals surface area contributed by atoms with E-state index in [2.05, 4.69) is 0 Å². The van der Waals surface area contributed by atoms with Crippen LogP contribution in [0.1, 0.15) is 12.5 Å². The van der Waals surface area contributed by atoms with Crippen molar-refractivity contribution < 1.29 is 14.7 Å². The molecule has 1 aromatic rings. The van der Waals surface area contributed by atoms with Gasteiger partial charge in [0.1, 0.15) is 0 Å². The van der Waals surface area contributed by atoms with Crippen molar-refractivity contribution in [3.63, 3.8) is 0 Å². The summed E-state index contributed by atoms with van der Waals surface area (Å²) in [6, 6.07) is 7.16. The number of nitrogen functional groups attached to an aromatic ring is 1. The van der Waals surface area contributed by atoms with Gasteiger partial charge in [0.15, 0.2) is 0 Å². The summed E-state index contributed by atoms with van der Waals surface area (Å²) in [5.41, 5.74) is 7.15. The molecule has 2 rings (SSSR count). The number of likely N-dealkylation sites (tertiary alicyclic amines) is 1. The smallest absolute Gasteiger partial charge is 0.308 e. The average Bonchev–Trinajstić information content (AvgIpc) is 2.74. The number of aliphatic carboxylic acids is 1. The molecule has 5 nitrogen and oxygen atoms in total. The lowest BCUT2D eigenvalue weighted by atomic mass is 9.99. The fourth-order valence-corrected chi connectivity index (χ4v) is 2.41. The van der Waals surface area contributed by atoms with Crippen molar-refractivity contribution >= 4 is 17.6 Å². The Kier molecular flexibility index (Phi) is 3.74. The fourth-order valence-electron chi connectivity index (χ4n) is 2.41. The number of benzene rings is 1. The van der Waals surface area contributed by atoms with Crippen molar-refractivity contribution in [2.45, 2.75) is 13.3 Å². The molecule has 0 aromatic heterocycles. The van der Waals surface area contributed by atoms with E-state index in [1.165, 1.54) is 0 Å². The van der Waals surface area contributed by atoms with E-state index in [0.29, 0.717) is 25.2 Å². The van der Waals surface area contributed by atoms with Crippen LogP contribution in [0.4, 0.5) is 5.69 Å². The van der Waals surface area contributed by atoms with Crippen LogP contribution in [0, 0.1) is 11.8 Å². The van der Waals surface area contributed by atoms with E-state index >= 15 is 0 Å². The third kappa shape index (κ3) is 3.05. The van der Waals surface area contributed by atoms with E-state index in [9.17, 15) is 9.59 Å². The molecule has 1 aliphatic rings. The van der Waals surface area contributed by atoms with Crippen LogP contribution in [0.25, 0.3) is 0 Å². The molecule has 0 aliphatic carbocycles. The number of nitrogens with two attached hydrogens (primary N) is 1. The Labute approximate surface area is 112 Å². The van der Waals surface area contributed by atoms with E-state index in [-0.39, 0.29) is 11.8 Å². The van der Waals surface area contributed by atoms with Crippen molar-refractivity contribution in [2.24, 2.45) is 11.8 Å². The highest BCUT2D eigenvalue weighted by atomic mass is 16.4. The first-order valence-corrected chi connectivity index (χ1v) is 6.32. The Hall–Kier alpha value is -2.04. The minimum absolute atomic E-state index is 0.00729. The van der Waals surface area contributed by atoms with Crippen LogP contribution in [0.5, 0.6) is 0 Å². The summed E-state index contributed by atoms with van der Waals surface area (Å²) in [6.07, 6.45) is 0.291. The monoisotopic (exact) mass is 262 g/mol. The van der Waals surface area contributed by atoms with Crippen molar-refractivity contribution in [3.8, 4) is 0 Å². The fraction of sp³-hybridized carbons (Fsp3) is 0.429. The zero-order valence-corrected chi connectivity index (χ0v) is 10.9. The maximum absolute atomic E-state index is 12.1. The van der Waals surface area contributed by atoms with Crippen molar-refractivity contribution in [1.82, 2.24) is 4.90 Å². The highest BCUT2D eigenvalue weighted by Gasteiger charge is 2.36.